The number of nitrogens with zero attached hydrogens (tertiary/aromatic N) is 2. The summed E-state index contributed by atoms with van der Waals surface area (Å²) >= 11 is 0. The van der Waals surface area contributed by atoms with Crippen LogP contribution in [0.4, 0.5) is 20.6 Å². The number of carbonyl (C=O) groups excluding carboxylic acids is 1. The molecule has 0 aliphatic rings. The predicted octanol–water partition coefficient (Wildman–Crippen LogP) is 4.56. The minimum Gasteiger partial charge on any atom is -0.444 e. The van der Waals surface area contributed by atoms with Gasteiger partial charge in [0.15, 0.2) is 0 Å². The molecular formula is C18H25FN4O2. The molecule has 0 radical (unpaired) electrons. The Labute approximate surface area is 147 Å². The minimum atomic E-state index is -0.597. The fourth-order valence-corrected chi connectivity index (χ4v) is 2.28. The zero-order valence-electron chi connectivity index (χ0n) is 15.3. The summed E-state index contributed by atoms with van der Waals surface area (Å²) in [6.07, 6.45) is 2.91. The first-order chi connectivity index (χ1) is 11.7. The van der Waals surface area contributed by atoms with Gasteiger partial charge in [0.1, 0.15) is 11.4 Å². The van der Waals surface area contributed by atoms with Crippen LogP contribution in [0, 0.1) is 5.82 Å². The van der Waals surface area contributed by atoms with E-state index in [1.807, 2.05) is 4.57 Å². The number of benzene rings is 1. The molecule has 0 unspecified atom stereocenters. The average Bonchev–Trinajstić information content (AvgIpc) is 2.94. The van der Waals surface area contributed by atoms with Gasteiger partial charge in [-0.3, -0.25) is 5.32 Å². The molecule has 0 fully saturated rings. The van der Waals surface area contributed by atoms with E-state index >= 15 is 0 Å². The fourth-order valence-electron chi connectivity index (χ4n) is 2.28. The van der Waals surface area contributed by atoms with Crippen molar-refractivity contribution in [3.63, 3.8) is 0 Å². The molecule has 0 aliphatic carbocycles. The highest BCUT2D eigenvalue weighted by atomic mass is 19.1. The Bertz CT molecular complexity index is 735. The van der Waals surface area contributed by atoms with Crippen molar-refractivity contribution in [3.05, 3.63) is 42.2 Å². The number of rotatable bonds is 5. The molecule has 25 heavy (non-hydrogen) atoms. The van der Waals surface area contributed by atoms with Gasteiger partial charge in [0.25, 0.3) is 0 Å². The second-order valence-corrected chi connectivity index (χ2v) is 7.06. The molecule has 0 atom stereocenters. The Morgan fingerprint density at radius 3 is 2.72 bits per heavy atom. The van der Waals surface area contributed by atoms with Crippen molar-refractivity contribution in [2.45, 2.75) is 52.8 Å². The lowest BCUT2D eigenvalue weighted by Crippen LogP contribution is -2.27. The first kappa shape index (κ1) is 18.8. The summed E-state index contributed by atoms with van der Waals surface area (Å²) in [6.45, 7) is 9.87. The number of hydrogen-bond donors (Lipinski definition) is 2. The fraction of sp³-hybridized carbons (Fsp3) is 0.444. The molecule has 0 bridgehead atoms. The van der Waals surface area contributed by atoms with Gasteiger partial charge in [0.2, 0.25) is 0 Å². The van der Waals surface area contributed by atoms with Crippen molar-refractivity contribution in [3.8, 4) is 0 Å². The molecule has 0 saturated carbocycles. The number of ether oxygens (including phenoxy) is 1. The van der Waals surface area contributed by atoms with E-state index in [1.165, 1.54) is 18.2 Å². The molecule has 2 aromatic rings. The van der Waals surface area contributed by atoms with Crippen molar-refractivity contribution in [2.75, 3.05) is 10.6 Å². The number of imidazole rings is 1. The zero-order valence-corrected chi connectivity index (χ0v) is 15.3. The molecule has 1 aromatic heterocycles. The standard InChI is InChI=1S/C18H25FN4O2/c1-12(2)23-11-20-9-14(23)10-21-16-8-13(6-7-15(16)19)22-17(24)25-18(3,4)5/h6-9,11-12,21H,10H2,1-5H3,(H,22,24). The van der Waals surface area contributed by atoms with E-state index in [9.17, 15) is 9.18 Å². The summed E-state index contributed by atoms with van der Waals surface area (Å²) in [5, 5.41) is 5.65. The van der Waals surface area contributed by atoms with Gasteiger partial charge in [0.05, 0.1) is 24.3 Å². The molecule has 2 rings (SSSR count). The van der Waals surface area contributed by atoms with Gasteiger partial charge >= 0.3 is 6.09 Å². The predicted molar refractivity (Wildman–Crippen MR) is 96.2 cm³/mol. The van der Waals surface area contributed by atoms with Gasteiger partial charge in [-0.05, 0) is 52.8 Å². The first-order valence-electron chi connectivity index (χ1n) is 8.20. The summed E-state index contributed by atoms with van der Waals surface area (Å²) in [5.74, 6) is -0.398. The second-order valence-electron chi connectivity index (χ2n) is 7.06. The van der Waals surface area contributed by atoms with Gasteiger partial charge in [-0.25, -0.2) is 14.2 Å². The van der Waals surface area contributed by atoms with E-state index in [0.29, 0.717) is 17.9 Å². The molecule has 0 aliphatic heterocycles. The van der Waals surface area contributed by atoms with Crippen LogP contribution in [0.25, 0.3) is 0 Å². The molecule has 7 heteroatoms. The highest BCUT2D eigenvalue weighted by Gasteiger charge is 2.16. The highest BCUT2D eigenvalue weighted by Crippen LogP contribution is 2.21. The van der Waals surface area contributed by atoms with Crippen molar-refractivity contribution in [1.82, 2.24) is 9.55 Å². The summed E-state index contributed by atoms with van der Waals surface area (Å²) < 4.78 is 21.2. The van der Waals surface area contributed by atoms with Crippen LogP contribution in [0.1, 0.15) is 46.4 Å². The number of anilines is 2. The van der Waals surface area contributed by atoms with E-state index < -0.39 is 17.5 Å². The normalized spacial score (nSPS) is 11.5. The largest absolute Gasteiger partial charge is 0.444 e. The smallest absolute Gasteiger partial charge is 0.412 e. The lowest BCUT2D eigenvalue weighted by atomic mass is 10.2. The Hall–Kier alpha value is -2.57. The molecule has 0 saturated heterocycles. The van der Waals surface area contributed by atoms with Crippen molar-refractivity contribution in [2.24, 2.45) is 0 Å². The van der Waals surface area contributed by atoms with Gasteiger partial charge in [-0.15, -0.1) is 0 Å². The maximum atomic E-state index is 14.0. The monoisotopic (exact) mass is 348 g/mol. The van der Waals surface area contributed by atoms with Crippen LogP contribution in [0.3, 0.4) is 0 Å². The van der Waals surface area contributed by atoms with E-state index in [-0.39, 0.29) is 6.04 Å². The summed E-state index contributed by atoms with van der Waals surface area (Å²) in [6, 6.07) is 4.59. The Morgan fingerprint density at radius 1 is 1.36 bits per heavy atom. The van der Waals surface area contributed by atoms with Crippen LogP contribution in [-0.2, 0) is 11.3 Å². The molecule has 6 nitrogen and oxygen atoms in total. The van der Waals surface area contributed by atoms with Crippen molar-refractivity contribution >= 4 is 17.5 Å². The average molecular weight is 348 g/mol. The van der Waals surface area contributed by atoms with E-state index in [4.69, 9.17) is 4.74 Å². The maximum absolute atomic E-state index is 14.0. The number of nitrogens with one attached hydrogen (secondary N) is 2. The first-order valence-corrected chi connectivity index (χ1v) is 8.20. The SMILES string of the molecule is CC(C)n1cncc1CNc1cc(NC(=O)OC(C)(C)C)ccc1F. The van der Waals surface area contributed by atoms with Gasteiger partial charge in [-0.2, -0.15) is 0 Å². The van der Waals surface area contributed by atoms with Crippen LogP contribution in [0.5, 0.6) is 0 Å². The second kappa shape index (κ2) is 7.55. The van der Waals surface area contributed by atoms with Gasteiger partial charge in [-0.1, -0.05) is 0 Å². The molecular weight excluding hydrogens is 323 g/mol. The third-order valence-corrected chi connectivity index (χ3v) is 3.37. The molecule has 1 amide bonds. The number of amides is 1. The zero-order chi connectivity index (χ0) is 18.6. The lowest BCUT2D eigenvalue weighted by molar-refractivity contribution is 0.0636. The summed E-state index contributed by atoms with van der Waals surface area (Å²) in [4.78, 5) is 16.0. The lowest BCUT2D eigenvalue weighted by Gasteiger charge is -2.20. The summed E-state index contributed by atoms with van der Waals surface area (Å²) in [5.41, 5.74) is 1.10. The number of hydrogen-bond acceptors (Lipinski definition) is 4. The van der Waals surface area contributed by atoms with Crippen LogP contribution < -0.4 is 10.6 Å². The minimum absolute atomic E-state index is 0.268. The van der Waals surface area contributed by atoms with Crippen LogP contribution in [0.2, 0.25) is 0 Å². The maximum Gasteiger partial charge on any atom is 0.412 e. The molecule has 2 N–H and O–H groups in total. The Balaban J connectivity index is 2.06. The third kappa shape index (κ3) is 5.48. The molecule has 0 spiro atoms. The van der Waals surface area contributed by atoms with E-state index in [2.05, 4.69) is 29.5 Å². The number of carbonyl (C=O) groups is 1. The van der Waals surface area contributed by atoms with Crippen molar-refractivity contribution in [1.29, 1.82) is 0 Å². The van der Waals surface area contributed by atoms with Crippen molar-refractivity contribution < 1.29 is 13.9 Å². The van der Waals surface area contributed by atoms with Gasteiger partial charge < -0.3 is 14.6 Å². The quantitative estimate of drug-likeness (QED) is 0.831. The van der Waals surface area contributed by atoms with Gasteiger partial charge in [0, 0.05) is 17.9 Å². The Morgan fingerprint density at radius 2 is 2.08 bits per heavy atom. The van der Waals surface area contributed by atoms with Crippen LogP contribution >= 0.6 is 0 Å². The molecule has 1 heterocycles. The summed E-state index contributed by atoms with van der Waals surface area (Å²) in [7, 11) is 0. The highest BCUT2D eigenvalue weighted by molar-refractivity contribution is 5.85. The number of aromatic nitrogens is 2. The molecule has 1 aromatic carbocycles. The van der Waals surface area contributed by atoms with E-state index in [0.717, 1.165) is 5.69 Å². The van der Waals surface area contributed by atoms with Crippen LogP contribution in [0.15, 0.2) is 30.7 Å². The molecule has 136 valence electrons. The Kier molecular flexibility index (Phi) is 5.66. The van der Waals surface area contributed by atoms with E-state index in [1.54, 1.807) is 33.3 Å². The topological polar surface area (TPSA) is 68.2 Å². The third-order valence-electron chi connectivity index (χ3n) is 3.37. The number of halogens is 1. The van der Waals surface area contributed by atoms with Crippen LogP contribution in [-0.4, -0.2) is 21.2 Å².